The molecule has 2 aromatic heterocycles. The number of fused-ring (bicyclic) bond motifs is 1. The second kappa shape index (κ2) is 10.9. The third-order valence-electron chi connectivity index (χ3n) is 7.73. The molecule has 3 aromatic rings. The summed E-state index contributed by atoms with van der Waals surface area (Å²) in [5.74, 6) is -3.45. The molecular formula is C26H27F5N6O2. The van der Waals surface area contributed by atoms with E-state index in [0.717, 1.165) is 6.07 Å². The number of halogens is 5. The molecule has 13 heteroatoms. The van der Waals surface area contributed by atoms with Crippen molar-refractivity contribution >= 4 is 5.91 Å². The first kappa shape index (κ1) is 26.9. The Morgan fingerprint density at radius 2 is 1.77 bits per heavy atom. The van der Waals surface area contributed by atoms with Crippen LogP contribution in [-0.4, -0.2) is 55.0 Å². The molecule has 8 nitrogen and oxygen atoms in total. The highest BCUT2D eigenvalue weighted by atomic mass is 19.4. The molecule has 0 radical (unpaired) electrons. The van der Waals surface area contributed by atoms with Gasteiger partial charge in [0, 0.05) is 49.7 Å². The van der Waals surface area contributed by atoms with Crippen LogP contribution >= 0.6 is 0 Å². The number of amides is 1. The molecule has 0 bridgehead atoms. The molecule has 1 aromatic carbocycles. The van der Waals surface area contributed by atoms with Crippen molar-refractivity contribution in [2.45, 2.75) is 69.0 Å². The van der Waals surface area contributed by atoms with E-state index in [0.29, 0.717) is 44.3 Å². The van der Waals surface area contributed by atoms with E-state index in [1.54, 1.807) is 11.0 Å². The third kappa shape index (κ3) is 5.86. The highest BCUT2D eigenvalue weighted by Crippen LogP contribution is 2.38. The van der Waals surface area contributed by atoms with Crippen molar-refractivity contribution in [2.24, 2.45) is 0 Å². The lowest BCUT2D eigenvalue weighted by molar-refractivity contribution is -0.133. The van der Waals surface area contributed by atoms with E-state index in [9.17, 15) is 31.5 Å². The van der Waals surface area contributed by atoms with Crippen LogP contribution in [0.4, 0.5) is 22.0 Å². The molecule has 0 unspecified atom stereocenters. The minimum Gasteiger partial charge on any atom is -0.343 e. The van der Waals surface area contributed by atoms with E-state index in [2.05, 4.69) is 20.4 Å². The Morgan fingerprint density at radius 3 is 2.49 bits per heavy atom. The van der Waals surface area contributed by atoms with Crippen molar-refractivity contribution in [3.8, 4) is 0 Å². The Balaban J connectivity index is 1.34. The summed E-state index contributed by atoms with van der Waals surface area (Å²) in [4.78, 5) is 27.1. The lowest BCUT2D eigenvalue weighted by Gasteiger charge is -2.32. The standard InChI is InChI=1S/C26H27F5N6O2/c27-20-3-1-2-18(23(20)28)17-5-4-16(24-34-33-21(37(24)14-17)13-26(29,30)31)12-22(38)36-10-7-15(8-11-36)19-6-9-32-35-25(19)39/h1-3,6,9,15-17H,4-5,7-8,10-14H2,(H,35,39)/t16-,17-/m1/s1. The van der Waals surface area contributed by atoms with Crippen molar-refractivity contribution < 1.29 is 26.7 Å². The maximum atomic E-state index is 14.6. The van der Waals surface area contributed by atoms with E-state index in [1.165, 1.54) is 22.9 Å². The summed E-state index contributed by atoms with van der Waals surface area (Å²) >= 11 is 0. The number of H-pyrrole nitrogens is 1. The fourth-order valence-corrected chi connectivity index (χ4v) is 5.74. The van der Waals surface area contributed by atoms with E-state index >= 15 is 0 Å². The number of aromatic nitrogens is 5. The van der Waals surface area contributed by atoms with Gasteiger partial charge in [0.1, 0.15) is 18.1 Å². The van der Waals surface area contributed by atoms with Gasteiger partial charge in [0.05, 0.1) is 0 Å². The van der Waals surface area contributed by atoms with Gasteiger partial charge >= 0.3 is 6.18 Å². The Morgan fingerprint density at radius 1 is 1.00 bits per heavy atom. The fraction of sp³-hybridized carbons (Fsp3) is 0.500. The van der Waals surface area contributed by atoms with E-state index in [1.807, 2.05) is 0 Å². The molecule has 0 aliphatic carbocycles. The molecule has 2 atom stereocenters. The average Bonchev–Trinajstić information content (AvgIpc) is 3.18. The lowest BCUT2D eigenvalue weighted by Crippen LogP contribution is -2.39. The van der Waals surface area contributed by atoms with Crippen LogP contribution in [0.2, 0.25) is 0 Å². The van der Waals surface area contributed by atoms with E-state index < -0.39 is 36.1 Å². The van der Waals surface area contributed by atoms with Crippen molar-refractivity contribution in [1.29, 1.82) is 0 Å². The summed E-state index contributed by atoms with van der Waals surface area (Å²) in [5.41, 5.74) is 0.452. The number of likely N-dealkylation sites (tertiary alicyclic amines) is 1. The van der Waals surface area contributed by atoms with Crippen LogP contribution in [-0.2, 0) is 17.8 Å². The van der Waals surface area contributed by atoms with Crippen LogP contribution in [0.3, 0.4) is 0 Å². The van der Waals surface area contributed by atoms with Gasteiger partial charge in [-0.15, -0.1) is 10.2 Å². The molecule has 2 aliphatic rings. The quantitative estimate of drug-likeness (QED) is 0.481. The molecular weight excluding hydrogens is 523 g/mol. The highest BCUT2D eigenvalue weighted by molar-refractivity contribution is 5.77. The summed E-state index contributed by atoms with van der Waals surface area (Å²) in [6.07, 6.45) is -2.47. The van der Waals surface area contributed by atoms with Crippen LogP contribution in [0.5, 0.6) is 0 Å². The first-order chi connectivity index (χ1) is 18.6. The number of carbonyl (C=O) groups is 1. The minimum absolute atomic E-state index is 0.00299. The van der Waals surface area contributed by atoms with Crippen molar-refractivity contribution in [1.82, 2.24) is 29.9 Å². The van der Waals surface area contributed by atoms with Crippen LogP contribution in [0.15, 0.2) is 35.3 Å². The zero-order valence-corrected chi connectivity index (χ0v) is 20.9. The number of benzene rings is 1. The van der Waals surface area contributed by atoms with Gasteiger partial charge in [-0.2, -0.15) is 18.3 Å². The number of piperidine rings is 1. The first-order valence-electron chi connectivity index (χ1n) is 12.8. The van der Waals surface area contributed by atoms with Crippen LogP contribution in [0, 0.1) is 11.6 Å². The van der Waals surface area contributed by atoms with Crippen LogP contribution in [0.1, 0.15) is 72.6 Å². The molecule has 2 aliphatic heterocycles. The predicted octanol–water partition coefficient (Wildman–Crippen LogP) is 4.20. The molecule has 208 valence electrons. The van der Waals surface area contributed by atoms with Gasteiger partial charge in [0.25, 0.3) is 5.56 Å². The monoisotopic (exact) mass is 550 g/mol. The number of hydrogen-bond acceptors (Lipinski definition) is 5. The van der Waals surface area contributed by atoms with Gasteiger partial charge in [-0.05, 0) is 49.3 Å². The smallest absolute Gasteiger partial charge is 0.343 e. The zero-order chi connectivity index (χ0) is 27.7. The lowest BCUT2D eigenvalue weighted by atomic mass is 9.88. The molecule has 4 heterocycles. The molecule has 5 rings (SSSR count). The van der Waals surface area contributed by atoms with Gasteiger partial charge in [0.15, 0.2) is 11.6 Å². The summed E-state index contributed by atoms with van der Waals surface area (Å²) < 4.78 is 69.8. The van der Waals surface area contributed by atoms with Crippen molar-refractivity contribution in [2.75, 3.05) is 13.1 Å². The molecule has 0 spiro atoms. The summed E-state index contributed by atoms with van der Waals surface area (Å²) in [6, 6.07) is 5.47. The summed E-state index contributed by atoms with van der Waals surface area (Å²) in [6.45, 7) is 0.812. The number of carbonyl (C=O) groups excluding carboxylic acids is 1. The molecule has 1 fully saturated rings. The van der Waals surface area contributed by atoms with Gasteiger partial charge in [-0.1, -0.05) is 12.1 Å². The summed E-state index contributed by atoms with van der Waals surface area (Å²) in [5, 5.41) is 14.0. The zero-order valence-electron chi connectivity index (χ0n) is 20.9. The van der Waals surface area contributed by atoms with Crippen molar-refractivity contribution in [3.05, 3.63) is 75.2 Å². The number of rotatable bonds is 5. The topological polar surface area (TPSA) is 96.8 Å². The Bertz CT molecular complexity index is 1400. The third-order valence-corrected chi connectivity index (χ3v) is 7.73. The highest BCUT2D eigenvalue weighted by Gasteiger charge is 2.37. The van der Waals surface area contributed by atoms with Gasteiger partial charge in [-0.3, -0.25) is 9.59 Å². The normalized spacial score (nSPS) is 20.5. The van der Waals surface area contributed by atoms with E-state index in [4.69, 9.17) is 0 Å². The Labute approximate surface area is 220 Å². The van der Waals surface area contributed by atoms with Gasteiger partial charge in [0.2, 0.25) is 5.91 Å². The first-order valence-corrected chi connectivity index (χ1v) is 12.8. The SMILES string of the molecule is O=C(C[C@H]1CC[C@@H](c2cccc(F)c2F)Cn2c(CC(F)(F)F)nnc21)N1CCC(c2ccn[nH]c2=O)CC1. The van der Waals surface area contributed by atoms with Crippen molar-refractivity contribution in [3.63, 3.8) is 0 Å². The molecule has 39 heavy (non-hydrogen) atoms. The maximum absolute atomic E-state index is 14.6. The molecule has 1 saturated heterocycles. The minimum atomic E-state index is -4.54. The second-order valence-corrected chi connectivity index (χ2v) is 10.2. The fourth-order valence-electron chi connectivity index (χ4n) is 5.74. The average molecular weight is 551 g/mol. The second-order valence-electron chi connectivity index (χ2n) is 10.2. The van der Waals surface area contributed by atoms with Gasteiger partial charge < -0.3 is 9.47 Å². The Kier molecular flexibility index (Phi) is 7.50. The summed E-state index contributed by atoms with van der Waals surface area (Å²) in [7, 11) is 0. The number of hydrogen-bond donors (Lipinski definition) is 1. The number of nitrogens with one attached hydrogen (secondary N) is 1. The van der Waals surface area contributed by atoms with Crippen LogP contribution in [0.25, 0.3) is 0 Å². The number of nitrogens with zero attached hydrogens (tertiary/aromatic N) is 5. The number of aromatic amines is 1. The predicted molar refractivity (Wildman–Crippen MR) is 129 cm³/mol. The van der Waals surface area contributed by atoms with Gasteiger partial charge in [-0.25, -0.2) is 13.9 Å². The Hall–Kier alpha value is -3.64. The number of alkyl halides is 3. The maximum Gasteiger partial charge on any atom is 0.396 e. The van der Waals surface area contributed by atoms with Crippen LogP contribution < -0.4 is 5.56 Å². The molecule has 1 N–H and O–H groups in total. The molecule has 1 amide bonds. The molecule has 0 saturated carbocycles. The van der Waals surface area contributed by atoms with E-state index in [-0.39, 0.29) is 47.6 Å². The largest absolute Gasteiger partial charge is 0.396 e.